The van der Waals surface area contributed by atoms with Crippen LogP contribution in [0.25, 0.3) is 0 Å². The molecule has 2 aliphatic heterocycles. The van der Waals surface area contributed by atoms with E-state index in [1.807, 2.05) is 13.8 Å². The van der Waals surface area contributed by atoms with E-state index in [4.69, 9.17) is 23.5 Å². The van der Waals surface area contributed by atoms with Crippen molar-refractivity contribution in [2.24, 2.45) is 0 Å². The number of aryl methyl sites for hydroxylation is 2. The van der Waals surface area contributed by atoms with Gasteiger partial charge in [0.1, 0.15) is 5.76 Å². The SMILES string of the molecule is COCCC1(c2noc(C3CCOCC3)n2)CCN(Cc2c(C)noc2C)CC1. The maximum atomic E-state index is 5.71. The molecule has 160 valence electrons. The third-order valence-corrected chi connectivity index (χ3v) is 6.65. The zero-order valence-electron chi connectivity index (χ0n) is 17.8. The van der Waals surface area contributed by atoms with Gasteiger partial charge in [-0.2, -0.15) is 4.98 Å². The van der Waals surface area contributed by atoms with Crippen LogP contribution in [-0.4, -0.2) is 60.2 Å². The third-order valence-electron chi connectivity index (χ3n) is 6.65. The lowest BCUT2D eigenvalue weighted by Gasteiger charge is -2.39. The average molecular weight is 405 g/mol. The number of aromatic nitrogens is 3. The molecule has 0 bridgehead atoms. The number of methoxy groups -OCH3 is 1. The molecule has 2 aliphatic rings. The van der Waals surface area contributed by atoms with Gasteiger partial charge in [0.25, 0.3) is 0 Å². The number of ether oxygens (including phenoxy) is 2. The molecule has 4 rings (SSSR count). The van der Waals surface area contributed by atoms with Crippen LogP contribution in [0.15, 0.2) is 9.05 Å². The van der Waals surface area contributed by atoms with Crippen molar-refractivity contribution in [1.29, 1.82) is 0 Å². The van der Waals surface area contributed by atoms with Crippen molar-refractivity contribution in [2.45, 2.75) is 63.8 Å². The summed E-state index contributed by atoms with van der Waals surface area (Å²) in [5, 5.41) is 8.53. The van der Waals surface area contributed by atoms with Gasteiger partial charge in [-0.1, -0.05) is 10.3 Å². The van der Waals surface area contributed by atoms with E-state index in [-0.39, 0.29) is 5.41 Å². The molecular formula is C21H32N4O4. The Kier molecular flexibility index (Phi) is 6.32. The highest BCUT2D eigenvalue weighted by Crippen LogP contribution is 2.39. The Balaban J connectivity index is 1.46. The number of hydrogen-bond donors (Lipinski definition) is 0. The first-order chi connectivity index (χ1) is 14.1. The molecule has 29 heavy (non-hydrogen) atoms. The first-order valence-electron chi connectivity index (χ1n) is 10.7. The lowest BCUT2D eigenvalue weighted by molar-refractivity contribution is 0.0778. The van der Waals surface area contributed by atoms with Crippen LogP contribution in [0.3, 0.4) is 0 Å². The van der Waals surface area contributed by atoms with Crippen molar-refractivity contribution < 1.29 is 18.5 Å². The zero-order chi connectivity index (χ0) is 20.3. The zero-order valence-corrected chi connectivity index (χ0v) is 17.8. The summed E-state index contributed by atoms with van der Waals surface area (Å²) in [6, 6.07) is 0. The van der Waals surface area contributed by atoms with Gasteiger partial charge in [-0.05, 0) is 59.0 Å². The van der Waals surface area contributed by atoms with Crippen molar-refractivity contribution in [2.75, 3.05) is 40.0 Å². The summed E-state index contributed by atoms with van der Waals surface area (Å²) in [6.45, 7) is 9.08. The van der Waals surface area contributed by atoms with E-state index in [1.54, 1.807) is 7.11 Å². The topological polar surface area (TPSA) is 86.7 Å². The molecule has 0 radical (unpaired) electrons. The quantitative estimate of drug-likeness (QED) is 0.696. The molecule has 2 fully saturated rings. The van der Waals surface area contributed by atoms with E-state index in [9.17, 15) is 0 Å². The highest BCUT2D eigenvalue weighted by molar-refractivity contribution is 5.21. The molecule has 0 unspecified atom stereocenters. The molecule has 0 N–H and O–H groups in total. The normalized spacial score (nSPS) is 20.9. The van der Waals surface area contributed by atoms with Crippen LogP contribution in [0.5, 0.6) is 0 Å². The number of likely N-dealkylation sites (tertiary alicyclic amines) is 1. The summed E-state index contributed by atoms with van der Waals surface area (Å²) in [5.41, 5.74) is 2.10. The Morgan fingerprint density at radius 1 is 1.10 bits per heavy atom. The van der Waals surface area contributed by atoms with Crippen molar-refractivity contribution >= 4 is 0 Å². The molecule has 2 aromatic heterocycles. The van der Waals surface area contributed by atoms with E-state index < -0.39 is 0 Å². The second kappa shape index (κ2) is 8.93. The molecule has 2 saturated heterocycles. The van der Waals surface area contributed by atoms with Crippen LogP contribution in [0.4, 0.5) is 0 Å². The molecule has 4 heterocycles. The van der Waals surface area contributed by atoms with E-state index in [0.717, 1.165) is 88.1 Å². The van der Waals surface area contributed by atoms with Crippen molar-refractivity contribution in [3.05, 3.63) is 28.7 Å². The predicted octanol–water partition coefficient (Wildman–Crippen LogP) is 3.14. The molecule has 2 aromatic rings. The molecule has 0 aromatic carbocycles. The lowest BCUT2D eigenvalue weighted by Crippen LogP contribution is -2.43. The molecule has 0 spiro atoms. The summed E-state index contributed by atoms with van der Waals surface area (Å²) in [7, 11) is 1.75. The number of piperidine rings is 1. The Morgan fingerprint density at radius 2 is 1.86 bits per heavy atom. The van der Waals surface area contributed by atoms with Crippen LogP contribution in [0.2, 0.25) is 0 Å². The molecular weight excluding hydrogens is 372 g/mol. The minimum atomic E-state index is -0.0852. The van der Waals surface area contributed by atoms with Gasteiger partial charge >= 0.3 is 0 Å². The van der Waals surface area contributed by atoms with Crippen LogP contribution >= 0.6 is 0 Å². The monoisotopic (exact) mass is 404 g/mol. The fraction of sp³-hybridized carbons (Fsp3) is 0.762. The van der Waals surface area contributed by atoms with Gasteiger partial charge in [0, 0.05) is 50.4 Å². The van der Waals surface area contributed by atoms with Crippen LogP contribution in [0.1, 0.15) is 66.8 Å². The first-order valence-corrected chi connectivity index (χ1v) is 10.7. The van der Waals surface area contributed by atoms with E-state index in [2.05, 4.69) is 15.2 Å². The molecule has 0 saturated carbocycles. The van der Waals surface area contributed by atoms with Gasteiger partial charge in [-0.25, -0.2) is 0 Å². The second-order valence-electron chi connectivity index (χ2n) is 8.44. The van der Waals surface area contributed by atoms with E-state index in [0.29, 0.717) is 12.5 Å². The van der Waals surface area contributed by atoms with Crippen molar-refractivity contribution in [3.63, 3.8) is 0 Å². The van der Waals surface area contributed by atoms with Crippen LogP contribution in [0, 0.1) is 13.8 Å². The Morgan fingerprint density at radius 3 is 2.52 bits per heavy atom. The molecule has 0 atom stereocenters. The smallest absolute Gasteiger partial charge is 0.229 e. The van der Waals surface area contributed by atoms with Crippen molar-refractivity contribution in [3.8, 4) is 0 Å². The van der Waals surface area contributed by atoms with Gasteiger partial charge in [0.15, 0.2) is 5.82 Å². The number of hydrogen-bond acceptors (Lipinski definition) is 8. The number of nitrogens with zero attached hydrogens (tertiary/aromatic N) is 4. The largest absolute Gasteiger partial charge is 0.385 e. The van der Waals surface area contributed by atoms with Crippen LogP contribution < -0.4 is 0 Å². The third kappa shape index (κ3) is 4.39. The summed E-state index contributed by atoms with van der Waals surface area (Å²) in [6.07, 6.45) is 4.81. The Labute approximate surface area is 171 Å². The molecule has 8 nitrogen and oxygen atoms in total. The fourth-order valence-corrected chi connectivity index (χ4v) is 4.53. The van der Waals surface area contributed by atoms with Gasteiger partial charge in [0.2, 0.25) is 5.89 Å². The standard InChI is InChI=1S/C21H32N4O4/c1-15-18(16(2)28-23-15)14-25-9-6-21(7-10-25,8-13-26-3)20-22-19(29-24-20)17-4-11-27-12-5-17/h17H,4-14H2,1-3H3. The Bertz CT molecular complexity index is 769. The maximum Gasteiger partial charge on any atom is 0.229 e. The highest BCUT2D eigenvalue weighted by Gasteiger charge is 2.40. The Hall–Kier alpha value is -1.77. The van der Waals surface area contributed by atoms with Gasteiger partial charge < -0.3 is 18.5 Å². The minimum absolute atomic E-state index is 0.0852. The molecule has 8 heteroatoms. The highest BCUT2D eigenvalue weighted by atomic mass is 16.5. The summed E-state index contributed by atoms with van der Waals surface area (Å²) >= 11 is 0. The van der Waals surface area contributed by atoms with Crippen LogP contribution in [-0.2, 0) is 21.4 Å². The summed E-state index contributed by atoms with van der Waals surface area (Å²) in [5.74, 6) is 2.87. The molecule has 0 aliphatic carbocycles. The second-order valence-corrected chi connectivity index (χ2v) is 8.44. The summed E-state index contributed by atoms with van der Waals surface area (Å²) < 4.78 is 21.9. The van der Waals surface area contributed by atoms with Crippen molar-refractivity contribution in [1.82, 2.24) is 20.2 Å². The van der Waals surface area contributed by atoms with Gasteiger partial charge in [0.05, 0.1) is 5.69 Å². The lowest BCUT2D eigenvalue weighted by atomic mass is 9.75. The van der Waals surface area contributed by atoms with Gasteiger partial charge in [-0.3, -0.25) is 4.90 Å². The predicted molar refractivity (Wildman–Crippen MR) is 106 cm³/mol. The minimum Gasteiger partial charge on any atom is -0.385 e. The fourth-order valence-electron chi connectivity index (χ4n) is 4.53. The first kappa shape index (κ1) is 20.5. The van der Waals surface area contributed by atoms with E-state index in [1.165, 1.54) is 5.56 Å². The van der Waals surface area contributed by atoms with Gasteiger partial charge in [-0.15, -0.1) is 0 Å². The number of rotatable bonds is 7. The average Bonchev–Trinajstić information content (AvgIpc) is 3.37. The summed E-state index contributed by atoms with van der Waals surface area (Å²) in [4.78, 5) is 7.35. The maximum absolute atomic E-state index is 5.71. The van der Waals surface area contributed by atoms with E-state index >= 15 is 0 Å². The molecule has 0 amide bonds.